The fourth-order valence-corrected chi connectivity index (χ4v) is 3.48. The minimum absolute atomic E-state index is 0.0668. The highest BCUT2D eigenvalue weighted by atomic mass is 35.5. The van der Waals surface area contributed by atoms with Crippen LogP contribution in [-0.4, -0.2) is 30.3 Å². The van der Waals surface area contributed by atoms with E-state index in [0.717, 1.165) is 5.56 Å². The van der Waals surface area contributed by atoms with E-state index in [1.165, 1.54) is 0 Å². The number of nitrogens with zero attached hydrogens (tertiary/aromatic N) is 2. The highest BCUT2D eigenvalue weighted by Crippen LogP contribution is 2.31. The number of para-hydroxylation sites is 1. The normalized spacial score (nSPS) is 17.0. The van der Waals surface area contributed by atoms with Crippen molar-refractivity contribution in [2.24, 2.45) is 5.92 Å². The van der Waals surface area contributed by atoms with Crippen LogP contribution < -0.4 is 4.90 Å². The minimum Gasteiger partial charge on any atom is -0.341 e. The van der Waals surface area contributed by atoms with Gasteiger partial charge in [-0.15, -0.1) is 0 Å². The van der Waals surface area contributed by atoms with E-state index in [4.69, 9.17) is 23.2 Å². The Kier molecular flexibility index (Phi) is 5.30. The summed E-state index contributed by atoms with van der Waals surface area (Å²) in [5.41, 5.74) is 1.53. The molecule has 3 rings (SSSR count). The van der Waals surface area contributed by atoms with Gasteiger partial charge in [0.05, 0.1) is 16.6 Å². The summed E-state index contributed by atoms with van der Waals surface area (Å²) in [5, 5.41) is 1.13. The lowest BCUT2D eigenvalue weighted by atomic mass is 10.1. The van der Waals surface area contributed by atoms with Crippen molar-refractivity contribution in [3.05, 3.63) is 64.1 Å². The monoisotopic (exact) mass is 376 g/mol. The van der Waals surface area contributed by atoms with Gasteiger partial charge >= 0.3 is 0 Å². The fourth-order valence-electron chi connectivity index (χ4n) is 3.05. The molecule has 2 aromatic carbocycles. The van der Waals surface area contributed by atoms with Crippen LogP contribution in [0.1, 0.15) is 12.0 Å². The summed E-state index contributed by atoms with van der Waals surface area (Å²) in [7, 11) is 1.73. The second-order valence-electron chi connectivity index (χ2n) is 6.14. The number of halogens is 2. The van der Waals surface area contributed by atoms with Crippen molar-refractivity contribution >= 4 is 40.7 Å². The number of carbonyl (C=O) groups is 2. The third kappa shape index (κ3) is 3.80. The van der Waals surface area contributed by atoms with E-state index < -0.39 is 0 Å². The lowest BCUT2D eigenvalue weighted by molar-refractivity contribution is -0.135. The number of carbonyl (C=O) groups excluding carboxylic acids is 2. The largest absolute Gasteiger partial charge is 0.341 e. The molecule has 2 amide bonds. The Morgan fingerprint density at radius 1 is 1.12 bits per heavy atom. The highest BCUT2D eigenvalue weighted by Gasteiger charge is 2.37. The summed E-state index contributed by atoms with van der Waals surface area (Å²) in [6.07, 6.45) is 0.191. The van der Waals surface area contributed by atoms with E-state index >= 15 is 0 Å². The number of hydrogen-bond acceptors (Lipinski definition) is 2. The van der Waals surface area contributed by atoms with Crippen LogP contribution in [0.15, 0.2) is 48.5 Å². The molecule has 1 saturated heterocycles. The van der Waals surface area contributed by atoms with Crippen molar-refractivity contribution in [3.63, 3.8) is 0 Å². The molecular formula is C19H18Cl2N2O2. The van der Waals surface area contributed by atoms with E-state index in [2.05, 4.69) is 0 Å². The maximum atomic E-state index is 12.7. The number of benzene rings is 2. The quantitative estimate of drug-likeness (QED) is 0.808. The van der Waals surface area contributed by atoms with Crippen LogP contribution >= 0.6 is 23.2 Å². The van der Waals surface area contributed by atoms with Crippen LogP contribution in [0.5, 0.6) is 0 Å². The van der Waals surface area contributed by atoms with Crippen molar-refractivity contribution in [1.82, 2.24) is 4.90 Å². The van der Waals surface area contributed by atoms with E-state index in [1.807, 2.05) is 30.3 Å². The summed E-state index contributed by atoms with van der Waals surface area (Å²) in [6, 6.07) is 14.6. The Bertz CT molecular complexity index is 810. The average molecular weight is 377 g/mol. The van der Waals surface area contributed by atoms with Gasteiger partial charge in [-0.05, 0) is 23.8 Å². The molecule has 1 atom stereocenters. The first-order valence-corrected chi connectivity index (χ1v) is 8.76. The number of amides is 2. The lowest BCUT2D eigenvalue weighted by Crippen LogP contribution is -2.34. The summed E-state index contributed by atoms with van der Waals surface area (Å²) in [5.74, 6) is -0.531. The molecule has 0 aliphatic carbocycles. The number of rotatable bonds is 4. The zero-order valence-corrected chi connectivity index (χ0v) is 15.3. The molecule has 0 bridgehead atoms. The molecule has 1 fully saturated rings. The molecule has 2 aromatic rings. The predicted octanol–water partition coefficient (Wildman–Crippen LogP) is 4.00. The van der Waals surface area contributed by atoms with Gasteiger partial charge in [0.15, 0.2) is 0 Å². The second-order valence-corrected chi connectivity index (χ2v) is 6.96. The highest BCUT2D eigenvalue weighted by molar-refractivity contribution is 6.34. The first-order chi connectivity index (χ1) is 12.0. The SMILES string of the molecule is CN(Cc1ccccc1Cl)C(=O)C1CC(=O)N(c2ccccc2Cl)C1. The smallest absolute Gasteiger partial charge is 0.228 e. The molecule has 4 nitrogen and oxygen atoms in total. The summed E-state index contributed by atoms with van der Waals surface area (Å²) >= 11 is 12.3. The summed E-state index contributed by atoms with van der Waals surface area (Å²) in [6.45, 7) is 0.754. The van der Waals surface area contributed by atoms with Crippen LogP contribution in [0.2, 0.25) is 10.0 Å². The standard InChI is InChI=1S/C19H18Cl2N2O2/c1-22(11-13-6-2-3-7-15(13)20)19(25)14-10-18(24)23(12-14)17-9-5-4-8-16(17)21/h2-9,14H,10-12H2,1H3. The Labute approximate surface area is 156 Å². The molecule has 1 unspecified atom stereocenters. The number of anilines is 1. The Hall–Kier alpha value is -2.04. The molecule has 0 aromatic heterocycles. The van der Waals surface area contributed by atoms with Gasteiger partial charge in [-0.25, -0.2) is 0 Å². The minimum atomic E-state index is -0.378. The summed E-state index contributed by atoms with van der Waals surface area (Å²) < 4.78 is 0. The van der Waals surface area contributed by atoms with E-state index in [9.17, 15) is 9.59 Å². The van der Waals surface area contributed by atoms with E-state index in [-0.39, 0.29) is 24.2 Å². The van der Waals surface area contributed by atoms with Crippen LogP contribution in [0, 0.1) is 5.92 Å². The Morgan fingerprint density at radius 3 is 2.44 bits per heavy atom. The van der Waals surface area contributed by atoms with Gasteiger partial charge in [0, 0.05) is 31.6 Å². The number of hydrogen-bond donors (Lipinski definition) is 0. The lowest BCUT2D eigenvalue weighted by Gasteiger charge is -2.22. The van der Waals surface area contributed by atoms with Gasteiger partial charge in [-0.1, -0.05) is 53.5 Å². The van der Waals surface area contributed by atoms with Crippen molar-refractivity contribution < 1.29 is 9.59 Å². The first kappa shape index (κ1) is 17.8. The molecule has 1 heterocycles. The summed E-state index contributed by atoms with van der Waals surface area (Å²) in [4.78, 5) is 28.3. The van der Waals surface area contributed by atoms with Gasteiger partial charge in [0.1, 0.15) is 0 Å². The molecule has 0 N–H and O–H groups in total. The van der Waals surface area contributed by atoms with Crippen molar-refractivity contribution in [2.45, 2.75) is 13.0 Å². The van der Waals surface area contributed by atoms with Crippen LogP contribution in [0.25, 0.3) is 0 Å². The topological polar surface area (TPSA) is 40.6 Å². The van der Waals surface area contributed by atoms with Gasteiger partial charge in [-0.2, -0.15) is 0 Å². The predicted molar refractivity (Wildman–Crippen MR) is 99.8 cm³/mol. The molecule has 0 saturated carbocycles. The van der Waals surface area contributed by atoms with Crippen molar-refractivity contribution in [3.8, 4) is 0 Å². The molecule has 1 aliphatic heterocycles. The molecule has 130 valence electrons. The van der Waals surface area contributed by atoms with Crippen LogP contribution in [-0.2, 0) is 16.1 Å². The molecule has 6 heteroatoms. The molecule has 25 heavy (non-hydrogen) atoms. The third-order valence-electron chi connectivity index (χ3n) is 4.36. The van der Waals surface area contributed by atoms with E-state index in [1.54, 1.807) is 35.0 Å². The van der Waals surface area contributed by atoms with Crippen molar-refractivity contribution in [1.29, 1.82) is 0 Å². The molecule has 0 spiro atoms. The molecule has 0 radical (unpaired) electrons. The van der Waals surface area contributed by atoms with Gasteiger partial charge in [0.25, 0.3) is 0 Å². The second kappa shape index (κ2) is 7.46. The average Bonchev–Trinajstić information content (AvgIpc) is 2.98. The van der Waals surface area contributed by atoms with E-state index in [0.29, 0.717) is 28.8 Å². The Morgan fingerprint density at radius 2 is 1.76 bits per heavy atom. The molecule has 1 aliphatic rings. The third-order valence-corrected chi connectivity index (χ3v) is 5.05. The van der Waals surface area contributed by atoms with Gasteiger partial charge in [-0.3, -0.25) is 9.59 Å². The first-order valence-electron chi connectivity index (χ1n) is 8.00. The van der Waals surface area contributed by atoms with Gasteiger partial charge < -0.3 is 9.80 Å². The van der Waals surface area contributed by atoms with Crippen LogP contribution in [0.3, 0.4) is 0 Å². The molecular weight excluding hydrogens is 359 g/mol. The fraction of sp³-hybridized carbons (Fsp3) is 0.263. The maximum absolute atomic E-state index is 12.7. The zero-order chi connectivity index (χ0) is 18.0. The maximum Gasteiger partial charge on any atom is 0.228 e. The zero-order valence-electron chi connectivity index (χ0n) is 13.8. The van der Waals surface area contributed by atoms with Crippen molar-refractivity contribution in [2.75, 3.05) is 18.5 Å². The van der Waals surface area contributed by atoms with Crippen LogP contribution in [0.4, 0.5) is 5.69 Å². The van der Waals surface area contributed by atoms with Gasteiger partial charge in [0.2, 0.25) is 11.8 Å². The Balaban J connectivity index is 1.70.